The van der Waals surface area contributed by atoms with E-state index in [2.05, 4.69) is 83.1 Å². The molecule has 0 aliphatic heterocycles. The van der Waals surface area contributed by atoms with E-state index >= 15 is 0 Å². The third-order valence-electron chi connectivity index (χ3n) is 11.3. The Bertz CT molecular complexity index is 328. The van der Waals surface area contributed by atoms with Crippen molar-refractivity contribution in [2.24, 2.45) is 0 Å². The molecule has 0 aliphatic carbocycles. The van der Waals surface area contributed by atoms with E-state index in [9.17, 15) is 0 Å². The van der Waals surface area contributed by atoms with Crippen LogP contribution in [0.15, 0.2) is 0 Å². The summed E-state index contributed by atoms with van der Waals surface area (Å²) in [6, 6.07) is 19.6. The highest BCUT2D eigenvalue weighted by atomic mass is 30.2. The van der Waals surface area contributed by atoms with E-state index < -0.39 is 36.5 Å². The molecule has 0 aromatic heterocycles. The molecular formula is C24H60Si5. The molecular weight excluding hydrogens is 429 g/mol. The number of rotatable bonds is 16. The highest BCUT2D eigenvalue weighted by Gasteiger charge is 2.76. The van der Waals surface area contributed by atoms with Gasteiger partial charge in [-0.2, -0.15) is 0 Å². The molecule has 176 valence electrons. The second-order valence-electron chi connectivity index (χ2n) is 10.1. The maximum atomic E-state index is 2.70. The fraction of sp³-hybridized carbons (Fsp3) is 1.00. The fourth-order valence-corrected chi connectivity index (χ4v) is 186. The molecule has 0 rings (SSSR count). The largest absolute Gasteiger partial charge is 0.0680 e. The van der Waals surface area contributed by atoms with Crippen LogP contribution in [0.4, 0.5) is 0 Å². The monoisotopic (exact) mass is 488 g/mol. The molecule has 0 bridgehead atoms. The smallest absolute Gasteiger partial charge is 0.0398 e. The van der Waals surface area contributed by atoms with Crippen LogP contribution >= 0.6 is 0 Å². The molecule has 0 aromatic carbocycles. The molecule has 29 heavy (non-hydrogen) atoms. The Morgan fingerprint density at radius 3 is 0.414 bits per heavy atom. The lowest BCUT2D eigenvalue weighted by Gasteiger charge is -2.72. The molecule has 0 fully saturated rings. The fourth-order valence-electron chi connectivity index (χ4n) is 9.56. The van der Waals surface area contributed by atoms with E-state index in [0.717, 1.165) is 0 Å². The predicted molar refractivity (Wildman–Crippen MR) is 155 cm³/mol. The third-order valence-corrected chi connectivity index (χ3v) is 123. The lowest BCUT2D eigenvalue weighted by Crippen LogP contribution is -2.97. The van der Waals surface area contributed by atoms with Crippen molar-refractivity contribution in [3.05, 3.63) is 0 Å². The van der Waals surface area contributed by atoms with Crippen LogP contribution in [-0.2, 0) is 0 Å². The first-order valence-electron chi connectivity index (χ1n) is 13.7. The van der Waals surface area contributed by atoms with Crippen molar-refractivity contribution in [1.82, 2.24) is 0 Å². The van der Waals surface area contributed by atoms with E-state index in [1.165, 1.54) is 0 Å². The summed E-state index contributed by atoms with van der Waals surface area (Å²) in [5, 5.41) is 0. The molecule has 0 N–H and O–H groups in total. The van der Waals surface area contributed by atoms with Gasteiger partial charge in [0, 0.05) is 36.5 Å². The minimum Gasteiger partial charge on any atom is -0.0680 e. The van der Waals surface area contributed by atoms with Crippen LogP contribution in [-0.4, -0.2) is 36.5 Å². The maximum absolute atomic E-state index is 2.70. The lowest BCUT2D eigenvalue weighted by molar-refractivity contribution is 1.15. The van der Waals surface area contributed by atoms with E-state index in [1.54, 1.807) is 72.5 Å². The summed E-state index contributed by atoms with van der Waals surface area (Å²) in [6.07, 6.45) is -1.36. The van der Waals surface area contributed by atoms with Gasteiger partial charge in [0.2, 0.25) is 0 Å². The van der Waals surface area contributed by atoms with Gasteiger partial charge in [-0.25, -0.2) is 0 Å². The Labute approximate surface area is 191 Å². The average molecular weight is 489 g/mol. The molecule has 0 amide bonds. The highest BCUT2D eigenvalue weighted by molar-refractivity contribution is 8.07. The minimum absolute atomic E-state index is 1.27. The normalized spacial score (nSPS) is 14.5. The zero-order chi connectivity index (χ0) is 23.0. The molecule has 0 radical (unpaired) electrons. The van der Waals surface area contributed by atoms with Gasteiger partial charge in [-0.3, -0.25) is 0 Å². The molecule has 0 atom stereocenters. The van der Waals surface area contributed by atoms with Crippen molar-refractivity contribution in [2.75, 3.05) is 0 Å². The van der Waals surface area contributed by atoms with Gasteiger partial charge in [-0.1, -0.05) is 156 Å². The van der Waals surface area contributed by atoms with Crippen molar-refractivity contribution in [3.63, 3.8) is 0 Å². The molecule has 5 heteroatoms. The van der Waals surface area contributed by atoms with E-state index in [1.807, 2.05) is 0 Å². The van der Waals surface area contributed by atoms with Crippen LogP contribution in [0.5, 0.6) is 0 Å². The Morgan fingerprint density at radius 2 is 0.345 bits per heavy atom. The number of hydrogen-bond donors (Lipinski definition) is 0. The summed E-state index contributed by atoms with van der Waals surface area (Å²) in [5.74, 6) is 0. The summed E-state index contributed by atoms with van der Waals surface area (Å²) < 4.78 is 0. The van der Waals surface area contributed by atoms with Crippen LogP contribution in [0.25, 0.3) is 0 Å². The summed E-state index contributed by atoms with van der Waals surface area (Å²) >= 11 is 0. The first-order valence-corrected chi connectivity index (χ1v) is 30.2. The molecule has 0 saturated heterocycles. The molecule has 0 aromatic rings. The summed E-state index contributed by atoms with van der Waals surface area (Å²) in [5.41, 5.74) is 0. The first kappa shape index (κ1) is 30.1. The molecule has 0 unspecified atom stereocenters. The van der Waals surface area contributed by atoms with Gasteiger partial charge in [-0.05, 0) is 0 Å². The quantitative estimate of drug-likeness (QED) is 0.189. The molecule has 0 heterocycles. The van der Waals surface area contributed by atoms with Crippen molar-refractivity contribution in [3.8, 4) is 0 Å². The molecule has 0 aliphatic rings. The highest BCUT2D eigenvalue weighted by Crippen LogP contribution is 2.57. The van der Waals surface area contributed by atoms with Crippen molar-refractivity contribution < 1.29 is 0 Å². The van der Waals surface area contributed by atoms with Crippen LogP contribution < -0.4 is 0 Å². The zero-order valence-corrected chi connectivity index (χ0v) is 28.0. The van der Waals surface area contributed by atoms with Crippen LogP contribution in [0.3, 0.4) is 0 Å². The standard InChI is InChI=1S/C24H60Si5/c1-13-25(14-2,15-3)29(26(16-4,17-5)18-6,27(19-7,20-8)21-9)28(22-10,23-11)24-12/h13-24H2,1-12H3. The molecule has 0 spiro atoms. The van der Waals surface area contributed by atoms with Gasteiger partial charge in [0.25, 0.3) is 0 Å². The molecule has 0 saturated carbocycles. The van der Waals surface area contributed by atoms with E-state index in [-0.39, 0.29) is 0 Å². The Hall–Kier alpha value is 1.08. The average Bonchev–Trinajstić information content (AvgIpc) is 2.79. The van der Waals surface area contributed by atoms with Crippen LogP contribution in [0, 0.1) is 0 Å². The van der Waals surface area contributed by atoms with Gasteiger partial charge in [0.15, 0.2) is 0 Å². The van der Waals surface area contributed by atoms with Crippen LogP contribution in [0.1, 0.15) is 83.1 Å². The SMILES string of the molecule is CC[Si](CC)(CC)[Si]([Si](CC)(CC)CC)([Si](CC)(CC)CC)[Si](CC)(CC)CC. The maximum Gasteiger partial charge on any atom is 0.0398 e. The van der Waals surface area contributed by atoms with Gasteiger partial charge >= 0.3 is 0 Å². The van der Waals surface area contributed by atoms with Crippen molar-refractivity contribution in [1.29, 1.82) is 0 Å². The lowest BCUT2D eigenvalue weighted by atomic mass is 10.9. The first-order chi connectivity index (χ1) is 13.7. The zero-order valence-electron chi connectivity index (χ0n) is 23.0. The topological polar surface area (TPSA) is 0 Å². The molecule has 0 nitrogen and oxygen atoms in total. The summed E-state index contributed by atoms with van der Waals surface area (Å²) in [6.45, 7) is 32.3. The van der Waals surface area contributed by atoms with E-state index in [4.69, 9.17) is 0 Å². The minimum atomic E-state index is -1.36. The Morgan fingerprint density at radius 1 is 0.241 bits per heavy atom. The Kier molecular flexibility index (Phi) is 12.8. The second kappa shape index (κ2) is 12.4. The van der Waals surface area contributed by atoms with Gasteiger partial charge in [-0.15, -0.1) is 0 Å². The van der Waals surface area contributed by atoms with Gasteiger partial charge in [0.05, 0.1) is 0 Å². The van der Waals surface area contributed by atoms with E-state index in [0.29, 0.717) is 0 Å². The number of hydrogen-bond acceptors (Lipinski definition) is 0. The Balaban J connectivity index is 8.16. The van der Waals surface area contributed by atoms with Crippen LogP contribution in [0.2, 0.25) is 72.5 Å². The van der Waals surface area contributed by atoms with Crippen molar-refractivity contribution >= 4 is 36.5 Å². The van der Waals surface area contributed by atoms with Gasteiger partial charge < -0.3 is 0 Å². The van der Waals surface area contributed by atoms with Gasteiger partial charge in [0.1, 0.15) is 0 Å². The summed E-state index contributed by atoms with van der Waals surface area (Å²) in [7, 11) is -5.07. The van der Waals surface area contributed by atoms with Crippen molar-refractivity contribution in [2.45, 2.75) is 156 Å². The second-order valence-corrected chi connectivity index (χ2v) is 61.1. The predicted octanol–water partition coefficient (Wildman–Crippen LogP) is 9.78. The third kappa shape index (κ3) is 3.99. The summed E-state index contributed by atoms with van der Waals surface area (Å²) in [4.78, 5) is 0.